The molecule has 0 radical (unpaired) electrons. The number of carbonyl (C=O) groups excluding carboxylic acids is 1. The topological polar surface area (TPSA) is 136 Å². The smallest absolute Gasteiger partial charge is 0.339 e. The summed E-state index contributed by atoms with van der Waals surface area (Å²) in [6, 6.07) is 9.10. The Labute approximate surface area is 182 Å². The number of aliphatic hydroxyl groups is 1. The van der Waals surface area contributed by atoms with Gasteiger partial charge in [-0.1, -0.05) is 6.07 Å². The van der Waals surface area contributed by atoms with Crippen molar-refractivity contribution in [1.82, 2.24) is 10.3 Å². The minimum Gasteiger partial charge on any atom is -0.489 e. The van der Waals surface area contributed by atoms with E-state index in [4.69, 9.17) is 20.9 Å². The van der Waals surface area contributed by atoms with Crippen LogP contribution < -0.4 is 26.4 Å². The van der Waals surface area contributed by atoms with Crippen LogP contribution >= 0.6 is 0 Å². The van der Waals surface area contributed by atoms with Gasteiger partial charge in [0, 0.05) is 31.9 Å². The van der Waals surface area contributed by atoms with Crippen LogP contribution in [0.1, 0.15) is 30.1 Å². The van der Waals surface area contributed by atoms with Crippen molar-refractivity contribution in [2.75, 3.05) is 49.2 Å². The number of esters is 1. The SMILES string of the molecule is CCOC(=O)c1ccc(N2CCC(NC[C@H](O)COc3cccc(N)c3N)CC2)nc1. The maximum Gasteiger partial charge on any atom is 0.339 e. The van der Waals surface area contributed by atoms with Crippen LogP contribution in [0.15, 0.2) is 36.5 Å². The maximum absolute atomic E-state index is 11.7. The third-order valence-corrected chi connectivity index (χ3v) is 5.25. The molecule has 9 heteroatoms. The third-order valence-electron chi connectivity index (χ3n) is 5.25. The van der Waals surface area contributed by atoms with Crippen LogP contribution in [0.25, 0.3) is 0 Å². The number of hydrogen-bond acceptors (Lipinski definition) is 9. The summed E-state index contributed by atoms with van der Waals surface area (Å²) in [6.07, 6.45) is 2.76. The van der Waals surface area contributed by atoms with Gasteiger partial charge in [0.1, 0.15) is 24.3 Å². The van der Waals surface area contributed by atoms with E-state index in [2.05, 4.69) is 15.2 Å². The van der Waals surface area contributed by atoms with E-state index in [0.29, 0.717) is 41.9 Å². The van der Waals surface area contributed by atoms with Crippen molar-refractivity contribution >= 4 is 23.2 Å². The van der Waals surface area contributed by atoms with Gasteiger partial charge in [0.2, 0.25) is 0 Å². The third kappa shape index (κ3) is 6.22. The van der Waals surface area contributed by atoms with Gasteiger partial charge in [0.25, 0.3) is 0 Å². The Morgan fingerprint density at radius 1 is 1.29 bits per heavy atom. The zero-order chi connectivity index (χ0) is 22.2. The summed E-state index contributed by atoms with van der Waals surface area (Å²) in [6.45, 7) is 4.37. The van der Waals surface area contributed by atoms with Crippen molar-refractivity contribution < 1.29 is 19.4 Å². The molecule has 1 aromatic heterocycles. The fourth-order valence-corrected chi connectivity index (χ4v) is 3.46. The molecule has 3 rings (SSSR count). The second-order valence-corrected chi connectivity index (χ2v) is 7.52. The number of pyridine rings is 1. The maximum atomic E-state index is 11.7. The molecule has 1 aliphatic heterocycles. The number of carbonyl (C=O) groups is 1. The first-order valence-corrected chi connectivity index (χ1v) is 10.5. The number of ether oxygens (including phenoxy) is 2. The van der Waals surface area contributed by atoms with Gasteiger partial charge < -0.3 is 36.3 Å². The van der Waals surface area contributed by atoms with E-state index in [1.165, 1.54) is 0 Å². The molecule has 0 unspecified atom stereocenters. The fraction of sp³-hybridized carbons (Fsp3) is 0.455. The number of nitrogens with one attached hydrogen (secondary N) is 1. The number of benzene rings is 1. The first kappa shape index (κ1) is 22.6. The van der Waals surface area contributed by atoms with E-state index in [9.17, 15) is 9.90 Å². The first-order valence-electron chi connectivity index (χ1n) is 10.5. The first-order chi connectivity index (χ1) is 15.0. The van der Waals surface area contributed by atoms with E-state index in [1.54, 1.807) is 37.4 Å². The molecule has 168 valence electrons. The predicted octanol–water partition coefficient (Wildman–Crippen LogP) is 1.42. The molecule has 9 nitrogen and oxygen atoms in total. The van der Waals surface area contributed by atoms with Gasteiger partial charge in [-0.15, -0.1) is 0 Å². The molecule has 0 bridgehead atoms. The quantitative estimate of drug-likeness (QED) is 0.345. The van der Waals surface area contributed by atoms with Gasteiger partial charge >= 0.3 is 5.97 Å². The average molecular weight is 430 g/mol. The molecule has 0 saturated carbocycles. The fourth-order valence-electron chi connectivity index (χ4n) is 3.46. The Bertz CT molecular complexity index is 853. The van der Waals surface area contributed by atoms with Gasteiger partial charge in [-0.2, -0.15) is 0 Å². The zero-order valence-corrected chi connectivity index (χ0v) is 17.8. The molecular formula is C22H31N5O4. The number of nitrogens with two attached hydrogens (primary N) is 2. The molecule has 31 heavy (non-hydrogen) atoms. The summed E-state index contributed by atoms with van der Waals surface area (Å²) in [5.41, 5.74) is 12.9. The van der Waals surface area contributed by atoms with Crippen LogP contribution in [0.3, 0.4) is 0 Å². The molecule has 0 spiro atoms. The lowest BCUT2D eigenvalue weighted by Gasteiger charge is -2.33. The summed E-state index contributed by atoms with van der Waals surface area (Å²) >= 11 is 0. The van der Waals surface area contributed by atoms with Crippen LogP contribution in [0.2, 0.25) is 0 Å². The zero-order valence-electron chi connectivity index (χ0n) is 17.8. The average Bonchev–Trinajstić information content (AvgIpc) is 2.79. The summed E-state index contributed by atoms with van der Waals surface area (Å²) < 4.78 is 10.6. The Hall–Kier alpha value is -3.04. The van der Waals surface area contributed by atoms with Gasteiger partial charge in [0.15, 0.2) is 0 Å². The molecule has 6 N–H and O–H groups in total. The normalized spacial score (nSPS) is 15.5. The minimum atomic E-state index is -0.657. The number of piperidine rings is 1. The van der Waals surface area contributed by atoms with Gasteiger partial charge in [-0.05, 0) is 44.0 Å². The molecule has 1 saturated heterocycles. The number of hydrogen-bond donors (Lipinski definition) is 4. The predicted molar refractivity (Wildman–Crippen MR) is 120 cm³/mol. The van der Waals surface area contributed by atoms with Crippen LogP contribution in [0, 0.1) is 0 Å². The van der Waals surface area contributed by atoms with Crippen LogP contribution in [0.5, 0.6) is 5.75 Å². The molecular weight excluding hydrogens is 398 g/mol. The van der Waals surface area contributed by atoms with Gasteiger partial charge in [-0.3, -0.25) is 0 Å². The Kier molecular flexibility index (Phi) is 7.91. The van der Waals surface area contributed by atoms with E-state index in [0.717, 1.165) is 31.7 Å². The molecule has 1 aromatic carbocycles. The summed E-state index contributed by atoms with van der Waals surface area (Å²) in [5.74, 6) is 0.971. The lowest BCUT2D eigenvalue weighted by atomic mass is 10.0. The van der Waals surface area contributed by atoms with Crippen LogP contribution in [-0.4, -0.2) is 61.1 Å². The van der Waals surface area contributed by atoms with Gasteiger partial charge in [-0.25, -0.2) is 9.78 Å². The van der Waals surface area contributed by atoms with Crippen molar-refractivity contribution in [3.63, 3.8) is 0 Å². The highest BCUT2D eigenvalue weighted by atomic mass is 16.5. The number of aliphatic hydroxyl groups excluding tert-OH is 1. The number of nitrogen functional groups attached to an aromatic ring is 2. The van der Waals surface area contributed by atoms with Gasteiger partial charge in [0.05, 0.1) is 23.5 Å². The highest BCUT2D eigenvalue weighted by Gasteiger charge is 2.21. The molecule has 1 fully saturated rings. The van der Waals surface area contributed by atoms with E-state index in [-0.39, 0.29) is 12.6 Å². The van der Waals surface area contributed by atoms with E-state index >= 15 is 0 Å². The van der Waals surface area contributed by atoms with E-state index in [1.807, 2.05) is 6.07 Å². The summed E-state index contributed by atoms with van der Waals surface area (Å²) in [7, 11) is 0. The van der Waals surface area contributed by atoms with Crippen molar-refractivity contribution in [2.45, 2.75) is 31.9 Å². The largest absolute Gasteiger partial charge is 0.489 e. The number of nitrogens with zero attached hydrogens (tertiary/aromatic N) is 2. The molecule has 2 aromatic rings. The lowest BCUT2D eigenvalue weighted by Crippen LogP contribution is -2.45. The van der Waals surface area contributed by atoms with Crippen LogP contribution in [0.4, 0.5) is 17.2 Å². The highest BCUT2D eigenvalue weighted by Crippen LogP contribution is 2.26. The van der Waals surface area contributed by atoms with E-state index < -0.39 is 6.10 Å². The molecule has 0 aliphatic carbocycles. The second-order valence-electron chi connectivity index (χ2n) is 7.52. The highest BCUT2D eigenvalue weighted by molar-refractivity contribution is 5.89. The number of para-hydroxylation sites is 1. The Morgan fingerprint density at radius 3 is 2.74 bits per heavy atom. The summed E-state index contributed by atoms with van der Waals surface area (Å²) in [5, 5.41) is 13.6. The second kappa shape index (κ2) is 10.8. The molecule has 1 atom stereocenters. The van der Waals surface area contributed by atoms with Crippen molar-refractivity contribution in [1.29, 1.82) is 0 Å². The monoisotopic (exact) mass is 429 g/mol. The standard InChI is InChI=1S/C22H31N5O4/c1-2-30-22(29)15-6-7-20(26-12-15)27-10-8-16(9-11-27)25-13-17(28)14-31-19-5-3-4-18(23)21(19)24/h3-7,12,16-17,25,28H,2,8-11,13-14,23-24H2,1H3/t17-/m0/s1. The van der Waals surface area contributed by atoms with Crippen molar-refractivity contribution in [3.05, 3.63) is 42.1 Å². The van der Waals surface area contributed by atoms with Crippen molar-refractivity contribution in [2.24, 2.45) is 0 Å². The summed E-state index contributed by atoms with van der Waals surface area (Å²) in [4.78, 5) is 18.3. The number of aromatic nitrogens is 1. The molecule has 0 amide bonds. The number of rotatable bonds is 9. The molecule has 2 heterocycles. The van der Waals surface area contributed by atoms with Crippen molar-refractivity contribution in [3.8, 4) is 5.75 Å². The molecule has 1 aliphatic rings. The Morgan fingerprint density at radius 2 is 2.06 bits per heavy atom. The minimum absolute atomic E-state index is 0.135. The van der Waals surface area contributed by atoms with Crippen LogP contribution in [-0.2, 0) is 4.74 Å². The lowest BCUT2D eigenvalue weighted by molar-refractivity contribution is 0.0526. The Balaban J connectivity index is 1.39. The number of anilines is 3.